The second-order valence-electron chi connectivity index (χ2n) is 9.54. The lowest BCUT2D eigenvalue weighted by Crippen LogP contribution is -2.46. The van der Waals surface area contributed by atoms with Crippen LogP contribution in [-0.2, 0) is 9.36 Å². The van der Waals surface area contributed by atoms with Gasteiger partial charge in [-0.1, -0.05) is 13.8 Å². The van der Waals surface area contributed by atoms with E-state index < -0.39 is 42.3 Å². The van der Waals surface area contributed by atoms with Crippen LogP contribution in [-0.4, -0.2) is 70.8 Å². The lowest BCUT2D eigenvalue weighted by atomic mass is 9.91. The number of anilines is 1. The first-order valence-electron chi connectivity index (χ1n) is 12.1. The summed E-state index contributed by atoms with van der Waals surface area (Å²) >= 11 is 0. The average Bonchev–Trinajstić information content (AvgIpc) is 3.50. The number of carboxylic acids is 1. The highest BCUT2D eigenvalue weighted by Crippen LogP contribution is 2.44. The molecule has 0 bridgehead atoms. The van der Waals surface area contributed by atoms with Crippen molar-refractivity contribution >= 4 is 30.7 Å². The van der Waals surface area contributed by atoms with E-state index in [1.165, 1.54) is 10.8 Å². The number of benzene rings is 1. The van der Waals surface area contributed by atoms with Crippen molar-refractivity contribution in [2.75, 3.05) is 43.5 Å². The minimum Gasteiger partial charge on any atom is -0.477 e. The Balaban J connectivity index is 0.00000190. The molecule has 2 aromatic rings. The van der Waals surface area contributed by atoms with E-state index in [-0.39, 0.29) is 46.0 Å². The van der Waals surface area contributed by atoms with E-state index in [1.807, 2.05) is 0 Å². The zero-order chi connectivity index (χ0) is 24.9. The van der Waals surface area contributed by atoms with Gasteiger partial charge in [-0.25, -0.2) is 13.6 Å². The van der Waals surface area contributed by atoms with E-state index in [2.05, 4.69) is 19.3 Å². The van der Waals surface area contributed by atoms with Crippen molar-refractivity contribution in [3.05, 3.63) is 39.7 Å². The van der Waals surface area contributed by atoms with Crippen LogP contribution < -0.4 is 15.8 Å². The fourth-order valence-corrected chi connectivity index (χ4v) is 6.36. The summed E-state index contributed by atoms with van der Waals surface area (Å²) in [6.45, 7) is 5.85. The third-order valence-corrected chi connectivity index (χ3v) is 9.24. The number of nitrogens with zero attached hydrogens (tertiary/aromatic N) is 2. The molecule has 3 fully saturated rings. The van der Waals surface area contributed by atoms with Gasteiger partial charge in [0.25, 0.3) is 0 Å². The molecule has 3 heterocycles. The number of fused-ring (bicyclic) bond motifs is 2. The molecule has 2 aliphatic heterocycles. The molecule has 1 aliphatic carbocycles. The summed E-state index contributed by atoms with van der Waals surface area (Å²) in [5, 5.41) is 9.19. The fraction of sp³-hybridized carbons (Fsp3) is 0.583. The molecule has 2 saturated heterocycles. The summed E-state index contributed by atoms with van der Waals surface area (Å²) in [5.41, 5.74) is 0.846. The molecule has 13 heteroatoms. The Morgan fingerprint density at radius 1 is 1.27 bits per heavy atom. The van der Waals surface area contributed by atoms with Gasteiger partial charge in [-0.05, 0) is 37.7 Å². The van der Waals surface area contributed by atoms with E-state index in [0.717, 1.165) is 37.7 Å². The van der Waals surface area contributed by atoms with E-state index in [1.54, 1.807) is 4.90 Å². The molecule has 1 aromatic heterocycles. The molecule has 1 aromatic carbocycles. The van der Waals surface area contributed by atoms with E-state index in [4.69, 9.17) is 9.36 Å². The van der Waals surface area contributed by atoms with Crippen LogP contribution in [0.3, 0.4) is 0 Å². The van der Waals surface area contributed by atoms with Gasteiger partial charge < -0.3 is 30.3 Å². The number of hydrogen-bond acceptors (Lipinski definition) is 6. The topological polar surface area (TPSA) is 156 Å². The lowest BCUT2D eigenvalue weighted by molar-refractivity contribution is -0.0144. The number of aromatic carboxylic acids is 1. The quantitative estimate of drug-likeness (QED) is 0.361. The third kappa shape index (κ3) is 5.10. The summed E-state index contributed by atoms with van der Waals surface area (Å²) in [6.07, 6.45) is 5.33. The Labute approximate surface area is 213 Å². The Kier molecular flexibility index (Phi) is 8.94. The van der Waals surface area contributed by atoms with Gasteiger partial charge in [0.15, 0.2) is 5.82 Å². The van der Waals surface area contributed by atoms with Gasteiger partial charge in [-0.2, -0.15) is 5.48 Å². The average molecular weight is 546 g/mol. The number of halogens is 2. The molecular weight excluding hydrogens is 511 g/mol. The predicted molar refractivity (Wildman–Crippen MR) is 137 cm³/mol. The number of aromatic nitrogens is 1. The van der Waals surface area contributed by atoms with Gasteiger partial charge in [0, 0.05) is 37.9 Å². The zero-order valence-electron chi connectivity index (χ0n) is 20.9. The molecule has 0 spiro atoms. The maximum Gasteiger partial charge on any atom is 0.341 e. The number of carboxylic acid groups (broad SMARTS) is 1. The Bertz CT molecular complexity index is 1220. The van der Waals surface area contributed by atoms with Crippen molar-refractivity contribution < 1.29 is 39.0 Å². The van der Waals surface area contributed by atoms with E-state index in [0.29, 0.717) is 19.7 Å². The van der Waals surface area contributed by atoms with Crippen molar-refractivity contribution in [2.45, 2.75) is 44.8 Å². The molecule has 5 rings (SSSR count). The molecule has 0 radical (unpaired) electrons. The van der Waals surface area contributed by atoms with Crippen molar-refractivity contribution in [3.8, 4) is 0 Å². The van der Waals surface area contributed by atoms with Gasteiger partial charge in [0.05, 0.1) is 25.6 Å². The van der Waals surface area contributed by atoms with Crippen LogP contribution >= 0.6 is 8.15 Å². The van der Waals surface area contributed by atoms with Gasteiger partial charge in [-0.15, -0.1) is 0 Å². The van der Waals surface area contributed by atoms with Crippen LogP contribution in [0.15, 0.2) is 17.1 Å². The van der Waals surface area contributed by atoms with Crippen molar-refractivity contribution in [3.63, 3.8) is 0 Å². The Hall–Kier alpha value is -2.21. The summed E-state index contributed by atoms with van der Waals surface area (Å²) in [7, 11) is -0.572. The second-order valence-corrected chi connectivity index (χ2v) is 11.9. The smallest absolute Gasteiger partial charge is 0.341 e. The molecular formula is C24H34F2N3O7P. The number of carbonyl (C=O) groups is 1. The first kappa shape index (κ1) is 29.3. The molecule has 10 nitrogen and oxygen atoms in total. The minimum absolute atomic E-state index is 0. The zero-order valence-corrected chi connectivity index (χ0v) is 21.7. The standard InChI is InChI=1S/C24H30F2N3O5P.2H2O/c1-3-35(4-2)34-27-12-24-13-28(10-14(24)7-8-33-24)21-18(25)9-16-20(19(21)26)29(15-5-6-15)11-17(22(16)30)23(31)32;;/h9,11,14-15,27H,3-8,10,12-13H2,1-2H3,(H,31,32);2*1H2. The van der Waals surface area contributed by atoms with Crippen molar-refractivity contribution in [2.24, 2.45) is 5.92 Å². The van der Waals surface area contributed by atoms with Crippen LogP contribution in [0.5, 0.6) is 0 Å². The van der Waals surface area contributed by atoms with Gasteiger partial charge in [0.2, 0.25) is 5.43 Å². The SMILES string of the molecule is CCP(CC)ONCC12CN(c3c(F)cc4c(=O)c(C(=O)O)cn(C5CC5)c4c3F)CC1CCO2.O.O. The van der Waals surface area contributed by atoms with Crippen LogP contribution in [0.2, 0.25) is 0 Å². The highest BCUT2D eigenvalue weighted by atomic mass is 31.1. The Morgan fingerprint density at radius 3 is 2.59 bits per heavy atom. The monoisotopic (exact) mass is 545 g/mol. The molecule has 2 unspecified atom stereocenters. The number of rotatable bonds is 9. The molecule has 6 N–H and O–H groups in total. The largest absolute Gasteiger partial charge is 0.477 e. The fourth-order valence-electron chi connectivity index (χ4n) is 5.41. The minimum atomic E-state index is -1.41. The number of ether oxygens (including phenoxy) is 1. The van der Waals surface area contributed by atoms with Crippen molar-refractivity contribution in [1.82, 2.24) is 10.0 Å². The molecule has 206 valence electrons. The second kappa shape index (κ2) is 11.3. The van der Waals surface area contributed by atoms with Crippen LogP contribution in [0.1, 0.15) is 49.5 Å². The maximum absolute atomic E-state index is 16.0. The first-order valence-corrected chi connectivity index (χ1v) is 13.8. The van der Waals surface area contributed by atoms with Gasteiger partial charge in [-0.3, -0.25) is 9.42 Å². The number of hydroxylamine groups is 1. The highest BCUT2D eigenvalue weighted by molar-refractivity contribution is 7.52. The van der Waals surface area contributed by atoms with E-state index in [9.17, 15) is 14.7 Å². The molecule has 2 atom stereocenters. The summed E-state index contributed by atoms with van der Waals surface area (Å²) < 4.78 is 44.9. The molecule has 1 saturated carbocycles. The van der Waals surface area contributed by atoms with E-state index >= 15 is 8.78 Å². The van der Waals surface area contributed by atoms with Crippen LogP contribution in [0.4, 0.5) is 14.5 Å². The predicted octanol–water partition coefficient (Wildman–Crippen LogP) is 2.22. The van der Waals surface area contributed by atoms with Crippen LogP contribution in [0, 0.1) is 17.6 Å². The number of hydrogen-bond donors (Lipinski definition) is 2. The Morgan fingerprint density at radius 2 is 1.97 bits per heavy atom. The van der Waals surface area contributed by atoms with Gasteiger partial charge >= 0.3 is 5.97 Å². The van der Waals surface area contributed by atoms with Gasteiger partial charge in [0.1, 0.15) is 22.7 Å². The molecule has 0 amide bonds. The first-order chi connectivity index (χ1) is 16.8. The number of pyridine rings is 1. The summed E-state index contributed by atoms with van der Waals surface area (Å²) in [4.78, 5) is 26.0. The summed E-state index contributed by atoms with van der Waals surface area (Å²) in [5.74, 6) is -3.05. The maximum atomic E-state index is 16.0. The molecule has 37 heavy (non-hydrogen) atoms. The third-order valence-electron chi connectivity index (χ3n) is 7.44. The summed E-state index contributed by atoms with van der Waals surface area (Å²) in [6, 6.07) is 0.880. The molecule has 3 aliphatic rings. The highest BCUT2D eigenvalue weighted by Gasteiger charge is 2.52. The van der Waals surface area contributed by atoms with Crippen molar-refractivity contribution in [1.29, 1.82) is 0 Å². The normalized spacial score (nSPS) is 22.7. The van der Waals surface area contributed by atoms with Crippen LogP contribution in [0.25, 0.3) is 10.9 Å². The lowest BCUT2D eigenvalue weighted by Gasteiger charge is -2.29. The number of nitrogens with one attached hydrogen (secondary N) is 1.